The van der Waals surface area contributed by atoms with Crippen LogP contribution in [0.15, 0.2) is 36.5 Å². The Hall–Kier alpha value is -1.49. The lowest BCUT2D eigenvalue weighted by atomic mass is 10.2. The van der Waals surface area contributed by atoms with Crippen LogP contribution in [-0.2, 0) is 6.54 Å². The van der Waals surface area contributed by atoms with Crippen LogP contribution in [0.3, 0.4) is 0 Å². The first-order valence-corrected chi connectivity index (χ1v) is 7.95. The van der Waals surface area contributed by atoms with Crippen molar-refractivity contribution in [3.8, 4) is 5.75 Å². The van der Waals surface area contributed by atoms with Crippen molar-refractivity contribution in [2.45, 2.75) is 6.54 Å². The van der Waals surface area contributed by atoms with Crippen LogP contribution in [0, 0.1) is 0 Å². The fraction of sp³-hybridized carbons (Fsp3) is 0.312. The zero-order valence-corrected chi connectivity index (χ0v) is 13.6. The number of nitrogens with zero attached hydrogens (tertiary/aromatic N) is 3. The molecule has 4 nitrogen and oxygen atoms in total. The number of rotatable bonds is 3. The van der Waals surface area contributed by atoms with E-state index in [1.165, 1.54) is 0 Å². The first-order chi connectivity index (χ1) is 10.6. The standard InChI is InChI=1S/C16H17Cl2N3O/c17-15-12(4-5-13(22)16(15)18)11-20-7-9-21(10-8-20)14-3-1-2-6-19-14/h1-6,22H,7-11H2. The van der Waals surface area contributed by atoms with Crippen molar-refractivity contribution in [2.24, 2.45) is 0 Å². The fourth-order valence-electron chi connectivity index (χ4n) is 2.62. The predicted molar refractivity (Wildman–Crippen MR) is 89.9 cm³/mol. The van der Waals surface area contributed by atoms with Gasteiger partial charge in [-0.1, -0.05) is 35.3 Å². The molecule has 1 saturated heterocycles. The van der Waals surface area contributed by atoms with E-state index < -0.39 is 0 Å². The van der Waals surface area contributed by atoms with E-state index >= 15 is 0 Å². The van der Waals surface area contributed by atoms with Crippen molar-refractivity contribution in [3.63, 3.8) is 0 Å². The van der Waals surface area contributed by atoms with E-state index in [1.807, 2.05) is 30.5 Å². The molecule has 2 heterocycles. The zero-order chi connectivity index (χ0) is 15.5. The highest BCUT2D eigenvalue weighted by Gasteiger charge is 2.19. The van der Waals surface area contributed by atoms with E-state index in [9.17, 15) is 5.11 Å². The average Bonchev–Trinajstić information content (AvgIpc) is 2.57. The molecule has 6 heteroatoms. The Bertz CT molecular complexity index is 643. The molecule has 2 aromatic rings. The SMILES string of the molecule is Oc1ccc(CN2CCN(c3ccccn3)CC2)c(Cl)c1Cl. The summed E-state index contributed by atoms with van der Waals surface area (Å²) in [6, 6.07) is 9.39. The average molecular weight is 338 g/mol. The van der Waals surface area contributed by atoms with E-state index in [0.717, 1.165) is 44.1 Å². The molecule has 1 aromatic heterocycles. The minimum absolute atomic E-state index is 0.0235. The van der Waals surface area contributed by atoms with Gasteiger partial charge in [-0.25, -0.2) is 4.98 Å². The van der Waals surface area contributed by atoms with Crippen molar-refractivity contribution < 1.29 is 5.11 Å². The summed E-state index contributed by atoms with van der Waals surface area (Å²) >= 11 is 12.2. The van der Waals surface area contributed by atoms with Crippen molar-refractivity contribution in [3.05, 3.63) is 52.1 Å². The Morgan fingerprint density at radius 3 is 2.45 bits per heavy atom. The van der Waals surface area contributed by atoms with Crippen LogP contribution in [0.4, 0.5) is 5.82 Å². The van der Waals surface area contributed by atoms with E-state index in [2.05, 4.69) is 14.8 Å². The number of phenolic OH excluding ortho intramolecular Hbond substituents is 1. The van der Waals surface area contributed by atoms with Gasteiger partial charge in [-0.3, -0.25) is 4.90 Å². The van der Waals surface area contributed by atoms with Crippen molar-refractivity contribution in [1.29, 1.82) is 0 Å². The molecule has 0 amide bonds. The highest BCUT2D eigenvalue weighted by atomic mass is 35.5. The molecule has 0 bridgehead atoms. The lowest BCUT2D eigenvalue weighted by Gasteiger charge is -2.35. The zero-order valence-electron chi connectivity index (χ0n) is 12.0. The number of aromatic hydroxyl groups is 1. The summed E-state index contributed by atoms with van der Waals surface area (Å²) in [5.74, 6) is 1.04. The summed E-state index contributed by atoms with van der Waals surface area (Å²) < 4.78 is 0. The molecule has 0 radical (unpaired) electrons. The van der Waals surface area contributed by atoms with Gasteiger partial charge in [0.15, 0.2) is 0 Å². The number of piperazine rings is 1. The van der Waals surface area contributed by atoms with Gasteiger partial charge in [0.1, 0.15) is 16.6 Å². The maximum Gasteiger partial charge on any atom is 0.135 e. The molecule has 1 N–H and O–H groups in total. The number of benzene rings is 1. The van der Waals surface area contributed by atoms with Crippen LogP contribution in [0.5, 0.6) is 5.75 Å². The summed E-state index contributed by atoms with van der Waals surface area (Å²) in [6.07, 6.45) is 1.82. The molecule has 1 fully saturated rings. The molecular weight excluding hydrogens is 321 g/mol. The Morgan fingerprint density at radius 1 is 1.00 bits per heavy atom. The fourth-order valence-corrected chi connectivity index (χ4v) is 3.02. The first kappa shape index (κ1) is 15.4. The molecular formula is C16H17Cl2N3O. The predicted octanol–water partition coefficient (Wildman–Crippen LogP) is 3.42. The number of hydrogen-bond donors (Lipinski definition) is 1. The van der Waals surface area contributed by atoms with Gasteiger partial charge < -0.3 is 10.0 Å². The quantitative estimate of drug-likeness (QED) is 0.931. The van der Waals surface area contributed by atoms with Crippen LogP contribution in [0.1, 0.15) is 5.56 Å². The number of halogens is 2. The van der Waals surface area contributed by atoms with Crippen LogP contribution in [0.25, 0.3) is 0 Å². The van der Waals surface area contributed by atoms with Crippen LogP contribution < -0.4 is 4.90 Å². The molecule has 1 aromatic carbocycles. The van der Waals surface area contributed by atoms with E-state index in [1.54, 1.807) is 6.07 Å². The second-order valence-electron chi connectivity index (χ2n) is 5.32. The maximum absolute atomic E-state index is 9.55. The Balaban J connectivity index is 1.62. The molecule has 0 aliphatic carbocycles. The van der Waals surface area contributed by atoms with Gasteiger partial charge in [0.05, 0.1) is 5.02 Å². The molecule has 1 aliphatic rings. The first-order valence-electron chi connectivity index (χ1n) is 7.19. The van der Waals surface area contributed by atoms with Gasteiger partial charge in [-0.05, 0) is 23.8 Å². The van der Waals surface area contributed by atoms with Crippen LogP contribution >= 0.6 is 23.2 Å². The van der Waals surface area contributed by atoms with Crippen molar-refractivity contribution >= 4 is 29.0 Å². The van der Waals surface area contributed by atoms with E-state index in [-0.39, 0.29) is 10.8 Å². The lowest BCUT2D eigenvalue weighted by Crippen LogP contribution is -2.46. The molecule has 3 rings (SSSR count). The minimum atomic E-state index is 0.0235. The van der Waals surface area contributed by atoms with Crippen molar-refractivity contribution in [1.82, 2.24) is 9.88 Å². The third-order valence-corrected chi connectivity index (χ3v) is 4.79. The second kappa shape index (κ2) is 6.73. The smallest absolute Gasteiger partial charge is 0.135 e. The monoisotopic (exact) mass is 337 g/mol. The Morgan fingerprint density at radius 2 is 1.77 bits per heavy atom. The largest absolute Gasteiger partial charge is 0.506 e. The second-order valence-corrected chi connectivity index (χ2v) is 6.08. The van der Waals surface area contributed by atoms with Gasteiger partial charge in [-0.15, -0.1) is 0 Å². The molecule has 0 saturated carbocycles. The third kappa shape index (κ3) is 3.29. The molecule has 0 spiro atoms. The Kier molecular flexibility index (Phi) is 4.71. The number of aromatic nitrogens is 1. The van der Waals surface area contributed by atoms with Gasteiger partial charge in [0.25, 0.3) is 0 Å². The maximum atomic E-state index is 9.55. The molecule has 1 aliphatic heterocycles. The van der Waals surface area contributed by atoms with Gasteiger partial charge in [0, 0.05) is 38.9 Å². The number of pyridine rings is 1. The normalized spacial score (nSPS) is 16.0. The summed E-state index contributed by atoms with van der Waals surface area (Å²) in [6.45, 7) is 4.46. The van der Waals surface area contributed by atoms with Gasteiger partial charge in [-0.2, -0.15) is 0 Å². The highest BCUT2D eigenvalue weighted by molar-refractivity contribution is 6.43. The van der Waals surface area contributed by atoms with E-state index in [4.69, 9.17) is 23.2 Å². The third-order valence-electron chi connectivity index (χ3n) is 3.88. The molecule has 116 valence electrons. The summed E-state index contributed by atoms with van der Waals surface area (Å²) in [5, 5.41) is 10.2. The summed E-state index contributed by atoms with van der Waals surface area (Å²) in [7, 11) is 0. The van der Waals surface area contributed by atoms with Gasteiger partial charge in [0.2, 0.25) is 0 Å². The van der Waals surface area contributed by atoms with Crippen LogP contribution in [0.2, 0.25) is 10.0 Å². The van der Waals surface area contributed by atoms with Crippen LogP contribution in [-0.4, -0.2) is 41.2 Å². The molecule has 22 heavy (non-hydrogen) atoms. The molecule has 0 atom stereocenters. The topological polar surface area (TPSA) is 39.6 Å². The number of anilines is 1. The Labute approximate surface area is 139 Å². The summed E-state index contributed by atoms with van der Waals surface area (Å²) in [5.41, 5.74) is 0.941. The number of phenols is 1. The van der Waals surface area contributed by atoms with E-state index in [0.29, 0.717) is 5.02 Å². The highest BCUT2D eigenvalue weighted by Crippen LogP contribution is 2.34. The summed E-state index contributed by atoms with van der Waals surface area (Å²) in [4.78, 5) is 9.00. The molecule has 0 unspecified atom stereocenters. The lowest BCUT2D eigenvalue weighted by molar-refractivity contribution is 0.249. The minimum Gasteiger partial charge on any atom is -0.506 e. The number of hydrogen-bond acceptors (Lipinski definition) is 4. The van der Waals surface area contributed by atoms with Crippen molar-refractivity contribution in [2.75, 3.05) is 31.1 Å². The van der Waals surface area contributed by atoms with Gasteiger partial charge >= 0.3 is 0 Å².